The summed E-state index contributed by atoms with van der Waals surface area (Å²) in [6.07, 6.45) is 4.97. The van der Waals surface area contributed by atoms with E-state index in [-0.39, 0.29) is 5.54 Å². The van der Waals surface area contributed by atoms with Gasteiger partial charge in [0.2, 0.25) is 0 Å². The molecule has 1 saturated carbocycles. The van der Waals surface area contributed by atoms with Crippen molar-refractivity contribution in [2.45, 2.75) is 31.2 Å². The van der Waals surface area contributed by atoms with Crippen LogP contribution in [0.4, 0.5) is 5.69 Å². The lowest BCUT2D eigenvalue weighted by atomic mass is 9.94. The zero-order valence-corrected chi connectivity index (χ0v) is 14.2. The molecule has 2 aliphatic rings. The van der Waals surface area contributed by atoms with Gasteiger partial charge in [0.25, 0.3) is 0 Å². The molecule has 0 atom stereocenters. The SMILES string of the molecule is N#Cc1cccc(C#N)c1NCC1(N2CCSCC2)CCCC1. The number of nitrogens with zero attached hydrogens (tertiary/aromatic N) is 3. The van der Waals surface area contributed by atoms with Crippen molar-refractivity contribution in [3.63, 3.8) is 0 Å². The summed E-state index contributed by atoms with van der Waals surface area (Å²) in [5.41, 5.74) is 2.02. The van der Waals surface area contributed by atoms with Gasteiger partial charge in [0.1, 0.15) is 12.1 Å². The number of anilines is 1. The maximum absolute atomic E-state index is 9.33. The highest BCUT2D eigenvalue weighted by atomic mass is 32.2. The fourth-order valence-corrected chi connectivity index (χ4v) is 4.76. The molecule has 23 heavy (non-hydrogen) atoms. The van der Waals surface area contributed by atoms with E-state index >= 15 is 0 Å². The van der Waals surface area contributed by atoms with E-state index in [1.807, 2.05) is 11.8 Å². The minimum atomic E-state index is 0.191. The first-order valence-electron chi connectivity index (χ1n) is 8.29. The molecule has 5 heteroatoms. The third-order valence-corrected chi connectivity index (χ3v) is 6.06. The Hall–Kier alpha value is -1.69. The van der Waals surface area contributed by atoms with Crippen molar-refractivity contribution in [1.82, 2.24) is 4.90 Å². The van der Waals surface area contributed by atoms with Crippen LogP contribution in [0.15, 0.2) is 18.2 Å². The van der Waals surface area contributed by atoms with Crippen LogP contribution in [0.5, 0.6) is 0 Å². The molecule has 3 rings (SSSR count). The molecule has 0 bridgehead atoms. The Balaban J connectivity index is 1.80. The number of para-hydroxylation sites is 1. The molecule has 0 radical (unpaired) electrons. The Kier molecular flexibility index (Phi) is 5.10. The Morgan fingerprint density at radius 1 is 1.09 bits per heavy atom. The fourth-order valence-electron chi connectivity index (χ4n) is 3.86. The summed E-state index contributed by atoms with van der Waals surface area (Å²) in [5, 5.41) is 22.1. The molecule has 1 heterocycles. The highest BCUT2D eigenvalue weighted by Crippen LogP contribution is 2.37. The predicted octanol–water partition coefficient (Wildman–Crippen LogP) is 3.20. The smallest absolute Gasteiger partial charge is 0.101 e. The third kappa shape index (κ3) is 3.32. The first kappa shape index (κ1) is 16.2. The van der Waals surface area contributed by atoms with Gasteiger partial charge in [0, 0.05) is 36.7 Å². The quantitative estimate of drug-likeness (QED) is 0.920. The van der Waals surface area contributed by atoms with Gasteiger partial charge in [-0.05, 0) is 25.0 Å². The summed E-state index contributed by atoms with van der Waals surface area (Å²) >= 11 is 2.03. The molecule has 1 aliphatic carbocycles. The Morgan fingerprint density at radius 2 is 1.70 bits per heavy atom. The molecule has 1 aliphatic heterocycles. The number of thioether (sulfide) groups is 1. The van der Waals surface area contributed by atoms with Gasteiger partial charge in [-0.1, -0.05) is 18.9 Å². The lowest BCUT2D eigenvalue weighted by Gasteiger charge is -2.43. The molecule has 0 unspecified atom stereocenters. The molecule has 1 saturated heterocycles. The highest BCUT2D eigenvalue weighted by Gasteiger charge is 2.39. The molecule has 0 spiro atoms. The van der Waals surface area contributed by atoms with Gasteiger partial charge in [-0.25, -0.2) is 0 Å². The van der Waals surface area contributed by atoms with Crippen LogP contribution in [-0.2, 0) is 0 Å². The molecule has 2 fully saturated rings. The Labute approximate surface area is 142 Å². The maximum Gasteiger partial charge on any atom is 0.101 e. The summed E-state index contributed by atoms with van der Waals surface area (Å²) < 4.78 is 0. The van der Waals surface area contributed by atoms with Gasteiger partial charge >= 0.3 is 0 Å². The van der Waals surface area contributed by atoms with Crippen molar-refractivity contribution in [3.8, 4) is 12.1 Å². The van der Waals surface area contributed by atoms with Crippen molar-refractivity contribution >= 4 is 17.4 Å². The average molecular weight is 326 g/mol. The summed E-state index contributed by atoms with van der Waals surface area (Å²) in [5.74, 6) is 2.42. The molecule has 0 aromatic heterocycles. The van der Waals surface area contributed by atoms with Crippen molar-refractivity contribution in [2.75, 3.05) is 36.5 Å². The summed E-state index contributed by atoms with van der Waals surface area (Å²) in [7, 11) is 0. The standard InChI is InChI=1S/C18H22N4S/c19-12-15-4-3-5-16(13-20)17(15)21-14-18(6-1-2-7-18)22-8-10-23-11-9-22/h3-5,21H,1-2,6-11,14H2. The van der Waals surface area contributed by atoms with Crippen molar-refractivity contribution in [1.29, 1.82) is 10.5 Å². The molecular weight excluding hydrogens is 304 g/mol. The molecule has 1 aromatic carbocycles. The van der Waals surface area contributed by atoms with E-state index < -0.39 is 0 Å². The zero-order valence-electron chi connectivity index (χ0n) is 13.3. The van der Waals surface area contributed by atoms with Gasteiger partial charge in [-0.2, -0.15) is 22.3 Å². The molecule has 120 valence electrons. The Bertz CT molecular complexity index is 599. The van der Waals surface area contributed by atoms with Crippen LogP contribution in [0, 0.1) is 22.7 Å². The van der Waals surface area contributed by atoms with Crippen LogP contribution in [0.1, 0.15) is 36.8 Å². The number of hydrogen-bond acceptors (Lipinski definition) is 5. The number of nitrogens with one attached hydrogen (secondary N) is 1. The first-order chi connectivity index (χ1) is 11.3. The lowest BCUT2D eigenvalue weighted by molar-refractivity contribution is 0.116. The summed E-state index contributed by atoms with van der Waals surface area (Å²) in [4.78, 5) is 2.64. The number of nitriles is 2. The molecule has 1 aromatic rings. The molecule has 0 amide bonds. The van der Waals surface area contributed by atoms with Crippen LogP contribution >= 0.6 is 11.8 Å². The van der Waals surface area contributed by atoms with E-state index in [4.69, 9.17) is 0 Å². The largest absolute Gasteiger partial charge is 0.381 e. The first-order valence-corrected chi connectivity index (χ1v) is 9.44. The van der Waals surface area contributed by atoms with Crippen molar-refractivity contribution in [2.24, 2.45) is 0 Å². The van der Waals surface area contributed by atoms with E-state index in [1.54, 1.807) is 18.2 Å². The van der Waals surface area contributed by atoms with E-state index in [2.05, 4.69) is 22.4 Å². The van der Waals surface area contributed by atoms with Crippen LogP contribution < -0.4 is 5.32 Å². The van der Waals surface area contributed by atoms with Gasteiger partial charge in [0.05, 0.1) is 16.8 Å². The second-order valence-corrected chi connectivity index (χ2v) is 7.56. The van der Waals surface area contributed by atoms with Gasteiger partial charge in [0.15, 0.2) is 0 Å². The molecule has 4 nitrogen and oxygen atoms in total. The van der Waals surface area contributed by atoms with E-state index in [0.717, 1.165) is 19.6 Å². The lowest BCUT2D eigenvalue weighted by Crippen LogP contribution is -2.54. The van der Waals surface area contributed by atoms with Gasteiger partial charge in [-0.3, -0.25) is 4.90 Å². The van der Waals surface area contributed by atoms with E-state index in [0.29, 0.717) is 16.8 Å². The predicted molar refractivity (Wildman–Crippen MR) is 94.5 cm³/mol. The maximum atomic E-state index is 9.33. The van der Waals surface area contributed by atoms with Crippen molar-refractivity contribution < 1.29 is 0 Å². The zero-order chi connectivity index (χ0) is 16.1. The van der Waals surface area contributed by atoms with Crippen molar-refractivity contribution in [3.05, 3.63) is 29.3 Å². The van der Waals surface area contributed by atoms with E-state index in [1.165, 1.54) is 37.2 Å². The summed E-state index contributed by atoms with van der Waals surface area (Å²) in [6, 6.07) is 9.75. The van der Waals surface area contributed by atoms with Crippen LogP contribution in [0.2, 0.25) is 0 Å². The molecule has 1 N–H and O–H groups in total. The number of rotatable bonds is 4. The normalized spacial score (nSPS) is 20.6. The minimum Gasteiger partial charge on any atom is -0.381 e. The second kappa shape index (κ2) is 7.25. The average Bonchev–Trinajstić information content (AvgIpc) is 3.10. The topological polar surface area (TPSA) is 62.9 Å². The number of benzene rings is 1. The molecular formula is C18H22N4S. The van der Waals surface area contributed by atoms with Gasteiger partial charge in [-0.15, -0.1) is 0 Å². The van der Waals surface area contributed by atoms with Crippen LogP contribution in [-0.4, -0.2) is 41.6 Å². The highest BCUT2D eigenvalue weighted by molar-refractivity contribution is 7.99. The van der Waals surface area contributed by atoms with E-state index in [9.17, 15) is 10.5 Å². The third-order valence-electron chi connectivity index (χ3n) is 5.12. The van der Waals surface area contributed by atoms with Gasteiger partial charge < -0.3 is 5.32 Å². The summed E-state index contributed by atoms with van der Waals surface area (Å²) in [6.45, 7) is 3.12. The number of hydrogen-bond donors (Lipinski definition) is 1. The Morgan fingerprint density at radius 3 is 2.26 bits per heavy atom. The monoisotopic (exact) mass is 326 g/mol. The van der Waals surface area contributed by atoms with Crippen LogP contribution in [0.3, 0.4) is 0 Å². The minimum absolute atomic E-state index is 0.191. The fraction of sp³-hybridized carbons (Fsp3) is 0.556. The second-order valence-electron chi connectivity index (χ2n) is 6.34. The van der Waals surface area contributed by atoms with Crippen LogP contribution in [0.25, 0.3) is 0 Å².